The van der Waals surface area contributed by atoms with E-state index in [2.05, 4.69) is 57.0 Å². The van der Waals surface area contributed by atoms with Crippen LogP contribution in [0, 0.1) is 0 Å². The highest BCUT2D eigenvalue weighted by atomic mass is 15.2. The highest BCUT2D eigenvalue weighted by Gasteiger charge is 2.39. The van der Waals surface area contributed by atoms with Gasteiger partial charge in [0.05, 0.1) is 0 Å². The maximum atomic E-state index is 3.64. The molecule has 0 radical (unpaired) electrons. The van der Waals surface area contributed by atoms with Gasteiger partial charge in [-0.2, -0.15) is 0 Å². The standard InChI is InChI=1S/C15H33N3/c1-7-14(2,3)16-11-12-18(6)13-15(17(4)5)9-8-10-15/h16H,7-13H2,1-6H3. The second-order valence-corrected chi connectivity index (χ2v) is 6.87. The summed E-state index contributed by atoms with van der Waals surface area (Å²) in [6, 6.07) is 0. The van der Waals surface area contributed by atoms with E-state index in [4.69, 9.17) is 0 Å². The molecule has 0 heterocycles. The topological polar surface area (TPSA) is 18.5 Å². The molecule has 0 unspecified atom stereocenters. The summed E-state index contributed by atoms with van der Waals surface area (Å²) in [6.45, 7) is 10.2. The molecule has 1 aliphatic carbocycles. The van der Waals surface area contributed by atoms with Crippen LogP contribution < -0.4 is 5.32 Å². The molecule has 0 atom stereocenters. The van der Waals surface area contributed by atoms with Gasteiger partial charge in [0.2, 0.25) is 0 Å². The number of nitrogens with zero attached hydrogens (tertiary/aromatic N) is 2. The molecule has 0 amide bonds. The quantitative estimate of drug-likeness (QED) is 0.717. The molecule has 0 spiro atoms. The van der Waals surface area contributed by atoms with E-state index in [-0.39, 0.29) is 5.54 Å². The van der Waals surface area contributed by atoms with Crippen molar-refractivity contribution in [3.63, 3.8) is 0 Å². The minimum absolute atomic E-state index is 0.274. The molecule has 0 aliphatic heterocycles. The van der Waals surface area contributed by atoms with Crippen molar-refractivity contribution in [1.29, 1.82) is 0 Å². The molecule has 0 aromatic carbocycles. The van der Waals surface area contributed by atoms with E-state index in [1.165, 1.54) is 32.2 Å². The molecule has 1 aliphatic rings. The Bertz CT molecular complexity index is 244. The van der Waals surface area contributed by atoms with Gasteiger partial charge in [-0.1, -0.05) is 6.92 Å². The second kappa shape index (κ2) is 6.36. The second-order valence-electron chi connectivity index (χ2n) is 6.87. The molecular weight excluding hydrogens is 222 g/mol. The number of rotatable bonds is 8. The first-order valence-corrected chi connectivity index (χ1v) is 7.42. The molecule has 1 rings (SSSR count). The van der Waals surface area contributed by atoms with E-state index in [0.717, 1.165) is 13.1 Å². The highest BCUT2D eigenvalue weighted by molar-refractivity contribution is 4.97. The number of nitrogens with one attached hydrogen (secondary N) is 1. The predicted octanol–water partition coefficient (Wildman–Crippen LogP) is 2.18. The van der Waals surface area contributed by atoms with Crippen LogP contribution in [0.5, 0.6) is 0 Å². The van der Waals surface area contributed by atoms with Crippen molar-refractivity contribution in [2.45, 2.75) is 57.5 Å². The van der Waals surface area contributed by atoms with E-state index < -0.39 is 0 Å². The fourth-order valence-electron chi connectivity index (χ4n) is 2.62. The highest BCUT2D eigenvalue weighted by Crippen LogP contribution is 2.36. The smallest absolute Gasteiger partial charge is 0.0330 e. The predicted molar refractivity (Wildman–Crippen MR) is 80.1 cm³/mol. The zero-order valence-electron chi connectivity index (χ0n) is 13.3. The Morgan fingerprint density at radius 3 is 2.17 bits per heavy atom. The van der Waals surface area contributed by atoms with Gasteiger partial charge in [0.15, 0.2) is 0 Å². The van der Waals surface area contributed by atoms with Gasteiger partial charge in [-0.25, -0.2) is 0 Å². The van der Waals surface area contributed by atoms with Gasteiger partial charge in [-0.3, -0.25) is 0 Å². The average molecular weight is 255 g/mol. The molecule has 108 valence electrons. The first-order valence-electron chi connectivity index (χ1n) is 7.42. The number of hydrogen-bond donors (Lipinski definition) is 1. The van der Waals surface area contributed by atoms with Gasteiger partial charge >= 0.3 is 0 Å². The molecule has 1 N–H and O–H groups in total. The fraction of sp³-hybridized carbons (Fsp3) is 1.00. The maximum Gasteiger partial charge on any atom is 0.0330 e. The zero-order valence-corrected chi connectivity index (χ0v) is 13.3. The molecule has 1 saturated carbocycles. The van der Waals surface area contributed by atoms with Gasteiger partial charge in [-0.05, 0) is 60.7 Å². The Morgan fingerprint density at radius 2 is 1.78 bits per heavy atom. The SMILES string of the molecule is CCC(C)(C)NCCN(C)CC1(N(C)C)CCC1. The zero-order chi connectivity index (χ0) is 13.8. The van der Waals surface area contributed by atoms with Crippen molar-refractivity contribution in [3.05, 3.63) is 0 Å². The first kappa shape index (κ1) is 15.9. The van der Waals surface area contributed by atoms with Crippen molar-refractivity contribution < 1.29 is 0 Å². The Labute approximate surface area is 114 Å². The minimum Gasteiger partial charge on any atom is -0.311 e. The van der Waals surface area contributed by atoms with E-state index >= 15 is 0 Å². The van der Waals surface area contributed by atoms with E-state index in [9.17, 15) is 0 Å². The third-order valence-corrected chi connectivity index (χ3v) is 4.78. The summed E-state index contributed by atoms with van der Waals surface area (Å²) in [4.78, 5) is 4.91. The van der Waals surface area contributed by atoms with Gasteiger partial charge in [0, 0.05) is 30.7 Å². The van der Waals surface area contributed by atoms with Gasteiger partial charge < -0.3 is 15.1 Å². The fourth-order valence-corrected chi connectivity index (χ4v) is 2.62. The van der Waals surface area contributed by atoms with Crippen LogP contribution in [0.2, 0.25) is 0 Å². The van der Waals surface area contributed by atoms with Crippen LogP contribution in [0.15, 0.2) is 0 Å². The number of likely N-dealkylation sites (N-methyl/N-ethyl adjacent to an activating group) is 2. The summed E-state index contributed by atoms with van der Waals surface area (Å²) in [7, 11) is 6.71. The van der Waals surface area contributed by atoms with E-state index in [1.807, 2.05) is 0 Å². The summed E-state index contributed by atoms with van der Waals surface area (Å²) >= 11 is 0. The van der Waals surface area contributed by atoms with Gasteiger partial charge in [-0.15, -0.1) is 0 Å². The van der Waals surface area contributed by atoms with Crippen molar-refractivity contribution in [2.75, 3.05) is 40.8 Å². The Kier molecular flexibility index (Phi) is 5.63. The van der Waals surface area contributed by atoms with Crippen LogP contribution in [0.4, 0.5) is 0 Å². The van der Waals surface area contributed by atoms with E-state index in [1.54, 1.807) is 0 Å². The summed E-state index contributed by atoms with van der Waals surface area (Å²) < 4.78 is 0. The molecule has 18 heavy (non-hydrogen) atoms. The van der Waals surface area contributed by atoms with E-state index in [0.29, 0.717) is 5.54 Å². The average Bonchev–Trinajstić information content (AvgIpc) is 2.22. The molecule has 0 aromatic heterocycles. The van der Waals surface area contributed by atoms with Gasteiger partial charge in [0.25, 0.3) is 0 Å². The molecule has 0 bridgehead atoms. The lowest BCUT2D eigenvalue weighted by Gasteiger charge is -2.49. The van der Waals surface area contributed by atoms with Crippen LogP contribution in [0.1, 0.15) is 46.5 Å². The molecular formula is C15H33N3. The lowest BCUT2D eigenvalue weighted by Crippen LogP contribution is -2.57. The Morgan fingerprint density at radius 1 is 1.17 bits per heavy atom. The maximum absolute atomic E-state index is 3.64. The minimum atomic E-state index is 0.274. The monoisotopic (exact) mass is 255 g/mol. The van der Waals surface area contributed by atoms with Gasteiger partial charge in [0.1, 0.15) is 0 Å². The first-order chi connectivity index (χ1) is 8.31. The Hall–Kier alpha value is -0.120. The van der Waals surface area contributed by atoms with Crippen LogP contribution >= 0.6 is 0 Å². The molecule has 3 heteroatoms. The lowest BCUT2D eigenvalue weighted by molar-refractivity contribution is 0.0278. The summed E-state index contributed by atoms with van der Waals surface area (Å²) in [5.74, 6) is 0. The lowest BCUT2D eigenvalue weighted by atomic mass is 9.75. The van der Waals surface area contributed by atoms with Crippen molar-refractivity contribution >= 4 is 0 Å². The normalized spacial score (nSPS) is 19.3. The van der Waals surface area contributed by atoms with Crippen molar-refractivity contribution in [2.24, 2.45) is 0 Å². The summed E-state index contributed by atoms with van der Waals surface area (Å²) in [6.07, 6.45) is 5.29. The molecule has 0 saturated heterocycles. The molecule has 3 nitrogen and oxygen atoms in total. The van der Waals surface area contributed by atoms with Crippen molar-refractivity contribution in [3.8, 4) is 0 Å². The number of hydrogen-bond acceptors (Lipinski definition) is 3. The third kappa shape index (κ3) is 4.22. The third-order valence-electron chi connectivity index (χ3n) is 4.78. The summed E-state index contributed by atoms with van der Waals surface area (Å²) in [5.41, 5.74) is 0.728. The molecule has 1 fully saturated rings. The Balaban J connectivity index is 2.27. The molecule has 0 aromatic rings. The summed E-state index contributed by atoms with van der Waals surface area (Å²) in [5, 5.41) is 3.64. The van der Waals surface area contributed by atoms with Crippen LogP contribution in [-0.2, 0) is 0 Å². The largest absolute Gasteiger partial charge is 0.311 e. The van der Waals surface area contributed by atoms with Crippen LogP contribution in [0.25, 0.3) is 0 Å². The van der Waals surface area contributed by atoms with Crippen LogP contribution in [-0.4, -0.2) is 61.7 Å². The van der Waals surface area contributed by atoms with Crippen molar-refractivity contribution in [1.82, 2.24) is 15.1 Å². The van der Waals surface area contributed by atoms with Crippen LogP contribution in [0.3, 0.4) is 0 Å².